The summed E-state index contributed by atoms with van der Waals surface area (Å²) < 4.78 is 5.80. The molecule has 0 unspecified atom stereocenters. The molecule has 0 spiro atoms. The number of benzene rings is 2. The third-order valence-corrected chi connectivity index (χ3v) is 5.50. The van der Waals surface area contributed by atoms with Crippen LogP contribution in [0.2, 0.25) is 0 Å². The molecule has 1 aliphatic heterocycles. The van der Waals surface area contributed by atoms with E-state index in [2.05, 4.69) is 20.6 Å². The van der Waals surface area contributed by atoms with Crippen molar-refractivity contribution in [3.05, 3.63) is 94.9 Å². The lowest BCUT2D eigenvalue weighted by molar-refractivity contribution is -0.119. The van der Waals surface area contributed by atoms with E-state index < -0.39 is 11.8 Å². The maximum absolute atomic E-state index is 12.9. The minimum atomic E-state index is -0.552. The Bertz CT molecular complexity index is 1280. The van der Waals surface area contributed by atoms with Crippen molar-refractivity contribution in [1.82, 2.24) is 25.6 Å². The van der Waals surface area contributed by atoms with E-state index in [0.29, 0.717) is 18.0 Å². The van der Waals surface area contributed by atoms with Gasteiger partial charge in [0.1, 0.15) is 17.3 Å². The zero-order valence-corrected chi connectivity index (χ0v) is 17.8. The number of aromatic nitrogens is 3. The van der Waals surface area contributed by atoms with Gasteiger partial charge in [0.2, 0.25) is 5.82 Å². The number of H-pyrrole nitrogens is 1. The predicted molar refractivity (Wildman–Crippen MR) is 118 cm³/mol. The van der Waals surface area contributed by atoms with Crippen LogP contribution in [0.4, 0.5) is 0 Å². The number of ether oxygens (including phenoxy) is 1. The minimum absolute atomic E-state index is 0.0222. The molecule has 0 radical (unpaired) electrons. The van der Waals surface area contributed by atoms with E-state index in [0.717, 1.165) is 16.7 Å². The average molecular weight is 443 g/mol. The molecule has 0 bridgehead atoms. The fourth-order valence-electron chi connectivity index (χ4n) is 3.85. The van der Waals surface area contributed by atoms with Gasteiger partial charge in [-0.1, -0.05) is 55.5 Å². The Morgan fingerprint density at radius 2 is 1.97 bits per heavy atom. The van der Waals surface area contributed by atoms with Crippen LogP contribution in [0.15, 0.2) is 72.1 Å². The lowest BCUT2D eigenvalue weighted by atomic mass is 9.89. The van der Waals surface area contributed by atoms with Crippen molar-refractivity contribution >= 4 is 17.3 Å². The van der Waals surface area contributed by atoms with Gasteiger partial charge in [-0.2, -0.15) is 0 Å². The summed E-state index contributed by atoms with van der Waals surface area (Å²) >= 11 is 0. The molecule has 1 aromatic heterocycles. The molecule has 3 N–H and O–H groups in total. The van der Waals surface area contributed by atoms with Gasteiger partial charge in [0.25, 0.3) is 0 Å². The van der Waals surface area contributed by atoms with Crippen LogP contribution in [0, 0.1) is 5.92 Å². The summed E-state index contributed by atoms with van der Waals surface area (Å²) in [5, 5.41) is 17.8. The first-order valence-corrected chi connectivity index (χ1v) is 10.5. The fraction of sp³-hybridized carbons (Fsp3) is 0.167. The molecule has 0 saturated heterocycles. The summed E-state index contributed by atoms with van der Waals surface area (Å²) in [6, 6.07) is 16.4. The number of phenols is 1. The van der Waals surface area contributed by atoms with Crippen LogP contribution in [0.5, 0.6) is 5.75 Å². The highest BCUT2D eigenvalue weighted by molar-refractivity contribution is 6.05. The second-order valence-electron chi connectivity index (χ2n) is 7.87. The Morgan fingerprint density at radius 1 is 1.21 bits per heavy atom. The van der Waals surface area contributed by atoms with Crippen LogP contribution < -0.4 is 5.43 Å². The van der Waals surface area contributed by atoms with Gasteiger partial charge in [-0.3, -0.25) is 20.1 Å². The molecule has 1 aliphatic carbocycles. The molecule has 1 atom stereocenters. The quantitative estimate of drug-likeness (QED) is 0.554. The molecule has 166 valence electrons. The average Bonchev–Trinajstić information content (AvgIpc) is 3.45. The standard InChI is InChI=1S/C24H21N5O4/c1-14-11-18(16-7-9-17(30)10-8-16)22-20(21(14)31)29(13-33-22)28-24(32)23-25-19(26-27-23)12-15-5-3-2-4-6-15/h2-11,14,30H,12-13H2,1H3,(H,28,32)(H,25,26,27)/t14-/m0/s1. The zero-order chi connectivity index (χ0) is 22.9. The van der Waals surface area contributed by atoms with Crippen molar-refractivity contribution < 1.29 is 19.4 Å². The minimum Gasteiger partial charge on any atom is -0.508 e. The first-order chi connectivity index (χ1) is 16.0. The van der Waals surface area contributed by atoms with Crippen LogP contribution in [0.3, 0.4) is 0 Å². The second kappa shape index (κ2) is 8.27. The van der Waals surface area contributed by atoms with Gasteiger partial charge in [-0.25, -0.2) is 9.99 Å². The maximum Gasteiger partial charge on any atom is 0.309 e. The van der Waals surface area contributed by atoms with Gasteiger partial charge in [0.05, 0.1) is 0 Å². The van der Waals surface area contributed by atoms with Crippen molar-refractivity contribution in [3.8, 4) is 5.75 Å². The summed E-state index contributed by atoms with van der Waals surface area (Å²) in [6.45, 7) is 1.77. The molecule has 33 heavy (non-hydrogen) atoms. The van der Waals surface area contributed by atoms with E-state index in [9.17, 15) is 14.7 Å². The summed E-state index contributed by atoms with van der Waals surface area (Å²) in [5.41, 5.74) is 5.53. The number of hydrazine groups is 1. The van der Waals surface area contributed by atoms with E-state index in [4.69, 9.17) is 4.74 Å². The Kier molecular flexibility index (Phi) is 5.14. The highest BCUT2D eigenvalue weighted by atomic mass is 16.5. The SMILES string of the molecule is C[C@H]1C=C(c2ccc(O)cc2)C2=C(C1=O)N(NC(=O)c1n[nH]c(Cc3ccccc3)n1)CO2. The van der Waals surface area contributed by atoms with Gasteiger partial charge in [-0.15, -0.1) is 5.10 Å². The number of carbonyl (C=O) groups is 2. The van der Waals surface area contributed by atoms with Gasteiger partial charge in [-0.05, 0) is 23.3 Å². The molecule has 9 heteroatoms. The molecule has 0 saturated carbocycles. The Labute approximate surface area is 189 Å². The van der Waals surface area contributed by atoms with Gasteiger partial charge in [0.15, 0.2) is 18.3 Å². The third kappa shape index (κ3) is 3.96. The predicted octanol–water partition coefficient (Wildman–Crippen LogP) is 2.55. The second-order valence-corrected chi connectivity index (χ2v) is 7.87. The molecule has 2 aromatic carbocycles. The maximum atomic E-state index is 12.9. The number of hydrogen-bond donors (Lipinski definition) is 3. The lowest BCUT2D eigenvalue weighted by Gasteiger charge is -2.23. The molecule has 2 heterocycles. The van der Waals surface area contributed by atoms with E-state index >= 15 is 0 Å². The van der Waals surface area contributed by atoms with Crippen LogP contribution in [-0.2, 0) is 16.0 Å². The van der Waals surface area contributed by atoms with Crippen LogP contribution in [-0.4, -0.2) is 43.7 Å². The summed E-state index contributed by atoms with van der Waals surface area (Å²) in [5.74, 6) is -0.0510. The van der Waals surface area contributed by atoms with E-state index in [1.807, 2.05) is 36.4 Å². The number of Topliss-reactive ketones (excluding diaryl/α,β-unsaturated/α-hetero) is 1. The number of rotatable bonds is 5. The third-order valence-electron chi connectivity index (χ3n) is 5.50. The van der Waals surface area contributed by atoms with Gasteiger partial charge in [0, 0.05) is 17.9 Å². The summed E-state index contributed by atoms with van der Waals surface area (Å²) in [6.07, 6.45) is 2.34. The first kappa shape index (κ1) is 20.5. The summed E-state index contributed by atoms with van der Waals surface area (Å²) in [4.78, 5) is 30.0. The Morgan fingerprint density at radius 3 is 2.73 bits per heavy atom. The molecule has 2 aliphatic rings. The molecule has 5 rings (SSSR count). The van der Waals surface area contributed by atoms with Crippen LogP contribution >= 0.6 is 0 Å². The molecular weight excluding hydrogens is 422 g/mol. The van der Waals surface area contributed by atoms with Gasteiger partial charge < -0.3 is 9.84 Å². The normalized spacial score (nSPS) is 17.5. The topological polar surface area (TPSA) is 120 Å². The number of aromatic hydroxyl groups is 1. The number of phenolic OH excluding ortho intramolecular Hbond substituents is 1. The largest absolute Gasteiger partial charge is 0.508 e. The molecule has 0 fully saturated rings. The van der Waals surface area contributed by atoms with E-state index in [1.165, 1.54) is 5.01 Å². The smallest absolute Gasteiger partial charge is 0.309 e. The number of nitrogens with zero attached hydrogens (tertiary/aromatic N) is 3. The number of carbonyl (C=O) groups excluding carboxylic acids is 2. The Balaban J connectivity index is 1.35. The molecular formula is C24H21N5O4. The number of aromatic amines is 1. The highest BCUT2D eigenvalue weighted by Gasteiger charge is 2.38. The lowest BCUT2D eigenvalue weighted by Crippen LogP contribution is -2.43. The Hall–Kier alpha value is -4.40. The zero-order valence-electron chi connectivity index (χ0n) is 17.8. The number of hydrogen-bond acceptors (Lipinski definition) is 7. The van der Waals surface area contributed by atoms with Crippen molar-refractivity contribution in [2.45, 2.75) is 13.3 Å². The summed E-state index contributed by atoms with van der Waals surface area (Å²) in [7, 11) is 0. The van der Waals surface area contributed by atoms with E-state index in [1.54, 1.807) is 31.2 Å². The fourth-order valence-corrected chi connectivity index (χ4v) is 3.85. The first-order valence-electron chi connectivity index (χ1n) is 10.5. The van der Waals surface area contributed by atoms with E-state index in [-0.39, 0.29) is 29.8 Å². The van der Waals surface area contributed by atoms with Crippen LogP contribution in [0.25, 0.3) is 5.57 Å². The van der Waals surface area contributed by atoms with Crippen molar-refractivity contribution in [1.29, 1.82) is 0 Å². The number of amides is 1. The van der Waals surface area contributed by atoms with Crippen molar-refractivity contribution in [2.24, 2.45) is 5.92 Å². The monoisotopic (exact) mass is 443 g/mol. The van der Waals surface area contributed by atoms with Crippen molar-refractivity contribution in [2.75, 3.05) is 6.73 Å². The molecule has 1 amide bonds. The highest BCUT2D eigenvalue weighted by Crippen LogP contribution is 2.38. The van der Waals surface area contributed by atoms with Crippen molar-refractivity contribution in [3.63, 3.8) is 0 Å². The molecule has 9 nitrogen and oxygen atoms in total. The number of allylic oxidation sites excluding steroid dienone is 3. The van der Waals surface area contributed by atoms with Crippen LogP contribution in [0.1, 0.15) is 34.5 Å². The van der Waals surface area contributed by atoms with Gasteiger partial charge >= 0.3 is 5.91 Å². The number of nitrogens with one attached hydrogen (secondary N) is 2. The number of ketones is 1. The molecule has 3 aromatic rings.